The highest BCUT2D eigenvalue weighted by atomic mass is 16.5. The molecule has 92 valence electrons. The van der Waals surface area contributed by atoms with Crippen molar-refractivity contribution >= 4 is 17.5 Å². The summed E-state index contributed by atoms with van der Waals surface area (Å²) in [4.78, 5) is 34.9. The molecule has 0 bridgehead atoms. The average molecular weight is 238 g/mol. The maximum Gasteiger partial charge on any atom is 0.315 e. The van der Waals surface area contributed by atoms with Crippen LogP contribution in [0.2, 0.25) is 0 Å². The summed E-state index contributed by atoms with van der Waals surface area (Å²) >= 11 is 0. The Balaban J connectivity index is 3.14. The van der Waals surface area contributed by atoms with Gasteiger partial charge in [-0.1, -0.05) is 0 Å². The Morgan fingerprint density at radius 3 is 2.18 bits per heavy atom. The van der Waals surface area contributed by atoms with Crippen molar-refractivity contribution in [3.63, 3.8) is 0 Å². The number of esters is 1. The number of ether oxygens (including phenoxy) is 2. The van der Waals surface area contributed by atoms with Crippen molar-refractivity contribution in [2.45, 2.75) is 13.8 Å². The molecule has 1 aliphatic rings. The van der Waals surface area contributed by atoms with E-state index < -0.39 is 23.0 Å². The summed E-state index contributed by atoms with van der Waals surface area (Å²) < 4.78 is 9.36. The van der Waals surface area contributed by atoms with Crippen LogP contribution in [0.3, 0.4) is 0 Å². The lowest BCUT2D eigenvalue weighted by Crippen LogP contribution is -2.33. The first kappa shape index (κ1) is 13.2. The van der Waals surface area contributed by atoms with E-state index in [0.717, 1.165) is 12.2 Å². The second kappa shape index (κ2) is 4.53. The van der Waals surface area contributed by atoms with E-state index >= 15 is 0 Å². The molecule has 0 aliphatic heterocycles. The number of carbonyl (C=O) groups is 3. The molecular formula is C12H14O5. The van der Waals surface area contributed by atoms with Gasteiger partial charge in [-0.25, -0.2) is 0 Å². The van der Waals surface area contributed by atoms with Crippen molar-refractivity contribution in [1.82, 2.24) is 0 Å². The van der Waals surface area contributed by atoms with E-state index in [4.69, 9.17) is 4.74 Å². The zero-order valence-electron chi connectivity index (χ0n) is 10.2. The molecule has 0 spiro atoms. The molecule has 17 heavy (non-hydrogen) atoms. The zero-order chi connectivity index (χ0) is 13.2. The van der Waals surface area contributed by atoms with Crippen LogP contribution in [-0.2, 0) is 23.9 Å². The predicted molar refractivity (Wildman–Crippen MR) is 59.0 cm³/mol. The number of rotatable bonds is 3. The van der Waals surface area contributed by atoms with E-state index in [-0.39, 0.29) is 11.3 Å². The Bertz CT molecular complexity index is 440. The molecule has 0 heterocycles. The van der Waals surface area contributed by atoms with E-state index in [9.17, 15) is 14.4 Å². The van der Waals surface area contributed by atoms with E-state index in [2.05, 4.69) is 4.74 Å². The summed E-state index contributed by atoms with van der Waals surface area (Å²) in [5, 5.41) is 0. The summed E-state index contributed by atoms with van der Waals surface area (Å²) in [7, 11) is 2.54. The highest BCUT2D eigenvalue weighted by Gasteiger charge is 2.39. The van der Waals surface area contributed by atoms with Crippen LogP contribution in [0.1, 0.15) is 13.8 Å². The molecule has 0 radical (unpaired) electrons. The largest absolute Gasteiger partial charge is 0.493 e. The van der Waals surface area contributed by atoms with Crippen LogP contribution in [0.25, 0.3) is 0 Å². The SMILES string of the molecule is COC(=O)C(C)(C)C1=CC(=O)C(OC)=CC1=O. The molecule has 0 fully saturated rings. The molecule has 1 aliphatic carbocycles. The maximum atomic E-state index is 11.8. The van der Waals surface area contributed by atoms with Gasteiger partial charge in [0.2, 0.25) is 5.78 Å². The first-order chi connectivity index (χ1) is 7.84. The molecule has 0 atom stereocenters. The van der Waals surface area contributed by atoms with Crippen molar-refractivity contribution in [1.29, 1.82) is 0 Å². The van der Waals surface area contributed by atoms with Crippen LogP contribution in [0.4, 0.5) is 0 Å². The van der Waals surface area contributed by atoms with E-state index in [1.165, 1.54) is 28.1 Å². The fourth-order valence-electron chi connectivity index (χ4n) is 1.55. The molecule has 0 aromatic carbocycles. The number of allylic oxidation sites excluding steroid dienone is 2. The summed E-state index contributed by atoms with van der Waals surface area (Å²) in [6.07, 6.45) is 2.21. The topological polar surface area (TPSA) is 69.7 Å². The number of ketones is 2. The summed E-state index contributed by atoms with van der Waals surface area (Å²) in [5.74, 6) is -1.45. The lowest BCUT2D eigenvalue weighted by Gasteiger charge is -2.25. The first-order valence-corrected chi connectivity index (χ1v) is 4.99. The molecule has 0 saturated carbocycles. The van der Waals surface area contributed by atoms with Crippen LogP contribution in [-0.4, -0.2) is 31.8 Å². The van der Waals surface area contributed by atoms with Gasteiger partial charge in [-0.2, -0.15) is 0 Å². The van der Waals surface area contributed by atoms with Crippen LogP contribution >= 0.6 is 0 Å². The third-order valence-electron chi connectivity index (χ3n) is 2.63. The van der Waals surface area contributed by atoms with E-state index in [0.29, 0.717) is 0 Å². The Morgan fingerprint density at radius 1 is 1.12 bits per heavy atom. The first-order valence-electron chi connectivity index (χ1n) is 4.99. The Labute approximate surface area is 99.1 Å². The smallest absolute Gasteiger partial charge is 0.315 e. The Morgan fingerprint density at radius 2 is 1.71 bits per heavy atom. The van der Waals surface area contributed by atoms with Crippen molar-refractivity contribution in [2.75, 3.05) is 14.2 Å². The van der Waals surface area contributed by atoms with Crippen molar-refractivity contribution in [3.05, 3.63) is 23.5 Å². The van der Waals surface area contributed by atoms with Crippen molar-refractivity contribution in [2.24, 2.45) is 5.41 Å². The molecule has 0 amide bonds. The maximum absolute atomic E-state index is 11.8. The molecule has 0 aromatic rings. The number of methoxy groups -OCH3 is 2. The highest BCUT2D eigenvalue weighted by molar-refractivity contribution is 6.21. The molecule has 0 N–H and O–H groups in total. The quantitative estimate of drug-likeness (QED) is 0.537. The molecule has 0 saturated heterocycles. The van der Waals surface area contributed by atoms with Crippen LogP contribution in [0.15, 0.2) is 23.5 Å². The Hall–Kier alpha value is -1.91. The van der Waals surface area contributed by atoms with Gasteiger partial charge in [-0.05, 0) is 19.9 Å². The highest BCUT2D eigenvalue weighted by Crippen LogP contribution is 2.31. The van der Waals surface area contributed by atoms with Gasteiger partial charge in [-0.3, -0.25) is 14.4 Å². The normalized spacial score (nSPS) is 16.2. The zero-order valence-corrected chi connectivity index (χ0v) is 10.2. The van der Waals surface area contributed by atoms with Gasteiger partial charge < -0.3 is 9.47 Å². The average Bonchev–Trinajstić information content (AvgIpc) is 2.30. The fraction of sp³-hybridized carbons (Fsp3) is 0.417. The minimum Gasteiger partial charge on any atom is -0.493 e. The molecule has 0 aromatic heterocycles. The summed E-state index contributed by atoms with van der Waals surface area (Å²) in [5.41, 5.74) is -1.05. The van der Waals surface area contributed by atoms with Gasteiger partial charge in [0.15, 0.2) is 11.5 Å². The van der Waals surface area contributed by atoms with Gasteiger partial charge >= 0.3 is 5.97 Å². The molecular weight excluding hydrogens is 224 g/mol. The fourth-order valence-corrected chi connectivity index (χ4v) is 1.55. The van der Waals surface area contributed by atoms with Gasteiger partial charge in [0, 0.05) is 11.6 Å². The number of carbonyl (C=O) groups excluding carboxylic acids is 3. The van der Waals surface area contributed by atoms with Gasteiger partial charge in [0.25, 0.3) is 0 Å². The van der Waals surface area contributed by atoms with Gasteiger partial charge in [0.1, 0.15) is 0 Å². The van der Waals surface area contributed by atoms with Crippen LogP contribution in [0, 0.1) is 5.41 Å². The molecule has 0 unspecified atom stereocenters. The lowest BCUT2D eigenvalue weighted by atomic mass is 9.79. The van der Waals surface area contributed by atoms with Crippen LogP contribution in [0.5, 0.6) is 0 Å². The third-order valence-corrected chi connectivity index (χ3v) is 2.63. The minimum atomic E-state index is -1.16. The number of hydrogen-bond donors (Lipinski definition) is 0. The minimum absolute atomic E-state index is 0.0283. The van der Waals surface area contributed by atoms with E-state index in [1.807, 2.05) is 0 Å². The Kier molecular flexibility index (Phi) is 3.50. The van der Waals surface area contributed by atoms with E-state index in [1.54, 1.807) is 0 Å². The second-order valence-corrected chi connectivity index (χ2v) is 4.12. The van der Waals surface area contributed by atoms with Crippen LogP contribution < -0.4 is 0 Å². The summed E-state index contributed by atoms with van der Waals surface area (Å²) in [6, 6.07) is 0. The molecule has 5 heteroatoms. The number of hydrogen-bond acceptors (Lipinski definition) is 5. The molecule has 1 rings (SSSR count). The van der Waals surface area contributed by atoms with Gasteiger partial charge in [-0.15, -0.1) is 0 Å². The second-order valence-electron chi connectivity index (χ2n) is 4.12. The summed E-state index contributed by atoms with van der Waals surface area (Å²) in [6.45, 7) is 3.06. The van der Waals surface area contributed by atoms with Crippen molar-refractivity contribution < 1.29 is 23.9 Å². The predicted octanol–water partition coefficient (Wildman–Crippen LogP) is 0.794. The van der Waals surface area contributed by atoms with Crippen molar-refractivity contribution in [3.8, 4) is 0 Å². The monoisotopic (exact) mass is 238 g/mol. The lowest BCUT2D eigenvalue weighted by molar-refractivity contribution is -0.149. The van der Waals surface area contributed by atoms with Gasteiger partial charge in [0.05, 0.1) is 19.6 Å². The standard InChI is InChI=1S/C12H14O5/c1-12(2,11(15)17-4)7-5-9(14)10(16-3)6-8(7)13/h5-6H,1-4H3. The third kappa shape index (κ3) is 2.27. The molecule has 5 nitrogen and oxygen atoms in total.